The Labute approximate surface area is 232 Å². The zero-order valence-corrected chi connectivity index (χ0v) is 24.1. The van der Waals surface area contributed by atoms with Crippen molar-refractivity contribution in [2.24, 2.45) is 0 Å². The summed E-state index contributed by atoms with van der Waals surface area (Å²) in [7, 11) is 1.14. The molecule has 228 valence electrons. The van der Waals surface area contributed by atoms with Crippen molar-refractivity contribution in [3.8, 4) is 0 Å². The van der Waals surface area contributed by atoms with Gasteiger partial charge in [0.2, 0.25) is 11.6 Å². The highest BCUT2D eigenvalue weighted by Gasteiger charge is 2.59. The molecule has 3 N–H and O–H groups in total. The molecule has 6 atom stereocenters. The van der Waals surface area contributed by atoms with Gasteiger partial charge in [-0.3, -0.25) is 19.2 Å². The maximum atomic E-state index is 12.3. The number of esters is 4. The number of hydrogen-bond donors (Lipinski definition) is 3. The third-order valence-corrected chi connectivity index (χ3v) is 5.49. The van der Waals surface area contributed by atoms with Gasteiger partial charge in [0, 0.05) is 27.7 Å². The van der Waals surface area contributed by atoms with Crippen molar-refractivity contribution in [3.63, 3.8) is 0 Å². The molecule has 1 aliphatic rings. The van der Waals surface area contributed by atoms with Crippen LogP contribution in [0.15, 0.2) is 0 Å². The van der Waals surface area contributed by atoms with E-state index in [9.17, 15) is 33.9 Å². The second kappa shape index (κ2) is 14.8. The molecule has 0 saturated carbocycles. The predicted octanol–water partition coefficient (Wildman–Crippen LogP) is 0.242. The van der Waals surface area contributed by atoms with Crippen LogP contribution in [-0.4, -0.2) is 96.5 Å². The van der Waals surface area contributed by atoms with Crippen molar-refractivity contribution >= 4 is 35.9 Å². The molecule has 15 heteroatoms. The summed E-state index contributed by atoms with van der Waals surface area (Å²) in [6.45, 7) is 8.87. The van der Waals surface area contributed by atoms with Crippen molar-refractivity contribution in [1.82, 2.24) is 10.6 Å². The molecule has 1 rings (SSSR count). The highest BCUT2D eigenvalue weighted by atomic mass is 16.6. The van der Waals surface area contributed by atoms with Crippen molar-refractivity contribution < 1.29 is 62.3 Å². The van der Waals surface area contributed by atoms with Gasteiger partial charge >= 0.3 is 30.0 Å². The lowest BCUT2D eigenvalue weighted by atomic mass is 9.85. The van der Waals surface area contributed by atoms with Crippen LogP contribution in [0.2, 0.25) is 0 Å². The molecule has 0 radical (unpaired) electrons. The van der Waals surface area contributed by atoms with Crippen LogP contribution in [0, 0.1) is 0 Å². The number of amides is 2. The number of aliphatic hydroxyl groups is 1. The lowest BCUT2D eigenvalue weighted by Gasteiger charge is -2.50. The lowest BCUT2D eigenvalue weighted by Crippen LogP contribution is -2.74. The molecule has 0 unspecified atom stereocenters. The van der Waals surface area contributed by atoms with Crippen LogP contribution in [0.5, 0.6) is 0 Å². The SMILES string of the molecule is COC(=O)[C@H](CCC[C@H]1O[C@H](COC(C)=O)[C@@H](OC(C)=O)[C@H](OC(C)=O)[C@]1(O)NC(C)=O)NC(=O)OC(C)(C)C. The Kier molecular flexibility index (Phi) is 12.8. The van der Waals surface area contributed by atoms with Crippen molar-refractivity contribution in [1.29, 1.82) is 0 Å². The summed E-state index contributed by atoms with van der Waals surface area (Å²) in [6, 6.07) is -1.13. The van der Waals surface area contributed by atoms with Crippen LogP contribution >= 0.6 is 0 Å². The minimum absolute atomic E-state index is 0.0118. The molecule has 40 heavy (non-hydrogen) atoms. The molecule has 1 heterocycles. The lowest BCUT2D eigenvalue weighted by molar-refractivity contribution is -0.291. The Balaban J connectivity index is 3.31. The van der Waals surface area contributed by atoms with E-state index < -0.39 is 84.3 Å². The fraction of sp³-hybridized carbons (Fsp3) is 0.760. The average Bonchev–Trinajstić information content (AvgIpc) is 2.78. The molecule has 0 spiro atoms. The molecule has 1 saturated heterocycles. The van der Waals surface area contributed by atoms with Crippen LogP contribution in [0.25, 0.3) is 0 Å². The predicted molar refractivity (Wildman–Crippen MR) is 134 cm³/mol. The topological polar surface area (TPSA) is 202 Å². The monoisotopic (exact) mass is 576 g/mol. The smallest absolute Gasteiger partial charge is 0.408 e. The Morgan fingerprint density at radius 1 is 0.975 bits per heavy atom. The van der Waals surface area contributed by atoms with Crippen LogP contribution in [0.3, 0.4) is 0 Å². The quantitative estimate of drug-likeness (QED) is 0.172. The number of nitrogens with one attached hydrogen (secondary N) is 2. The summed E-state index contributed by atoms with van der Waals surface area (Å²) < 4.78 is 31.5. The van der Waals surface area contributed by atoms with E-state index in [-0.39, 0.29) is 19.3 Å². The Bertz CT molecular complexity index is 947. The van der Waals surface area contributed by atoms with E-state index in [0.717, 1.165) is 34.8 Å². The molecular formula is C25H40N2O13. The minimum atomic E-state index is -2.41. The molecule has 1 fully saturated rings. The van der Waals surface area contributed by atoms with E-state index in [1.807, 2.05) is 0 Å². The summed E-state index contributed by atoms with van der Waals surface area (Å²) in [5.41, 5.74) is -3.24. The normalized spacial score (nSPS) is 25.0. The fourth-order valence-corrected chi connectivity index (χ4v) is 4.09. The molecule has 0 aromatic heterocycles. The van der Waals surface area contributed by atoms with Crippen LogP contribution in [-0.2, 0) is 52.4 Å². The van der Waals surface area contributed by atoms with Crippen molar-refractivity contribution in [2.45, 2.75) is 110 Å². The maximum Gasteiger partial charge on any atom is 0.408 e. The van der Waals surface area contributed by atoms with Gasteiger partial charge in [0.25, 0.3) is 0 Å². The Morgan fingerprint density at radius 2 is 1.57 bits per heavy atom. The second-order valence-electron chi connectivity index (χ2n) is 10.2. The van der Waals surface area contributed by atoms with Gasteiger partial charge in [0.15, 0.2) is 12.2 Å². The number of carbonyl (C=O) groups is 6. The number of carbonyl (C=O) groups excluding carboxylic acids is 6. The van der Waals surface area contributed by atoms with E-state index in [1.54, 1.807) is 20.8 Å². The zero-order valence-electron chi connectivity index (χ0n) is 24.1. The number of methoxy groups -OCH3 is 1. The van der Waals surface area contributed by atoms with Crippen molar-refractivity contribution in [2.75, 3.05) is 13.7 Å². The van der Waals surface area contributed by atoms with E-state index in [1.165, 1.54) is 0 Å². The molecular weight excluding hydrogens is 536 g/mol. The Morgan fingerprint density at radius 3 is 2.05 bits per heavy atom. The summed E-state index contributed by atoms with van der Waals surface area (Å²) in [5.74, 6) is -3.86. The van der Waals surface area contributed by atoms with E-state index >= 15 is 0 Å². The first-order chi connectivity index (χ1) is 18.4. The second-order valence-corrected chi connectivity index (χ2v) is 10.2. The first-order valence-electron chi connectivity index (χ1n) is 12.6. The average molecular weight is 577 g/mol. The van der Waals surface area contributed by atoms with Crippen molar-refractivity contribution in [3.05, 3.63) is 0 Å². The molecule has 0 aliphatic carbocycles. The highest BCUT2D eigenvalue weighted by Crippen LogP contribution is 2.35. The maximum absolute atomic E-state index is 12.3. The summed E-state index contributed by atoms with van der Waals surface area (Å²) in [5, 5.41) is 16.4. The number of alkyl carbamates (subject to hydrolysis) is 1. The van der Waals surface area contributed by atoms with Crippen LogP contribution in [0.1, 0.15) is 67.7 Å². The number of rotatable bonds is 11. The molecule has 1 aliphatic heterocycles. The number of ether oxygens (including phenoxy) is 6. The fourth-order valence-electron chi connectivity index (χ4n) is 4.09. The molecule has 2 amide bonds. The molecule has 0 aromatic carbocycles. The minimum Gasteiger partial charge on any atom is -0.467 e. The van der Waals surface area contributed by atoms with E-state index in [0.29, 0.717) is 0 Å². The zero-order chi connectivity index (χ0) is 30.8. The largest absolute Gasteiger partial charge is 0.467 e. The summed E-state index contributed by atoms with van der Waals surface area (Å²) >= 11 is 0. The highest BCUT2D eigenvalue weighted by molar-refractivity contribution is 5.81. The van der Waals surface area contributed by atoms with E-state index in [2.05, 4.69) is 10.6 Å². The van der Waals surface area contributed by atoms with Gasteiger partial charge in [0.1, 0.15) is 30.5 Å². The Hall–Kier alpha value is -3.46. The van der Waals surface area contributed by atoms with Gasteiger partial charge in [0.05, 0.1) is 7.11 Å². The first-order valence-corrected chi connectivity index (χ1v) is 12.6. The molecule has 15 nitrogen and oxygen atoms in total. The summed E-state index contributed by atoms with van der Waals surface area (Å²) in [4.78, 5) is 72.0. The van der Waals surface area contributed by atoms with Crippen LogP contribution < -0.4 is 10.6 Å². The van der Waals surface area contributed by atoms with Gasteiger partial charge < -0.3 is 44.2 Å². The first kappa shape index (κ1) is 34.6. The standard InChI is InChI=1S/C25H40N2O13/c1-13(28)27-25(34)19(11-9-10-17(22(32)35-8)26-23(33)40-24(5,6)7)39-18(12-36-14(2)29)20(37-15(3)30)21(25)38-16(4)31/h17-21,34H,9-12H2,1-8H3,(H,26,33)(H,27,28)/t17-,18+,19+,20+,21-,25-/m0/s1. The van der Waals surface area contributed by atoms with Gasteiger partial charge in [-0.15, -0.1) is 0 Å². The van der Waals surface area contributed by atoms with Crippen LogP contribution in [0.4, 0.5) is 4.79 Å². The van der Waals surface area contributed by atoms with Gasteiger partial charge in [-0.1, -0.05) is 0 Å². The molecule has 0 bridgehead atoms. The third-order valence-electron chi connectivity index (χ3n) is 5.49. The number of hydrogen-bond acceptors (Lipinski definition) is 13. The molecule has 0 aromatic rings. The van der Waals surface area contributed by atoms with Gasteiger partial charge in [-0.2, -0.15) is 0 Å². The van der Waals surface area contributed by atoms with Gasteiger partial charge in [-0.25, -0.2) is 9.59 Å². The van der Waals surface area contributed by atoms with E-state index in [4.69, 9.17) is 28.4 Å². The third kappa shape index (κ3) is 11.0. The summed E-state index contributed by atoms with van der Waals surface area (Å²) in [6.07, 6.45) is -6.55. The van der Waals surface area contributed by atoms with Gasteiger partial charge in [-0.05, 0) is 40.0 Å².